The number of amides is 1. The lowest BCUT2D eigenvalue weighted by Crippen LogP contribution is -2.26. The maximum absolute atomic E-state index is 12.0. The molecule has 0 bridgehead atoms. The molecule has 0 atom stereocenters. The number of nitrogens with zero attached hydrogens (tertiary/aromatic N) is 3. The van der Waals surface area contributed by atoms with Gasteiger partial charge in [-0.15, -0.1) is 5.10 Å². The van der Waals surface area contributed by atoms with Gasteiger partial charge in [-0.25, -0.2) is 4.68 Å². The number of nitrogens with one attached hydrogen (secondary N) is 1. The molecular formula is C21H26N4O3. The molecular weight excluding hydrogens is 356 g/mol. The van der Waals surface area contributed by atoms with Crippen molar-refractivity contribution in [2.45, 2.75) is 26.8 Å². The SMILES string of the molecule is COCCNC(=O)c1ccc(OCCCn2nnc3cc(C)c(C)cc32)cc1. The molecule has 1 aromatic heterocycles. The van der Waals surface area contributed by atoms with Crippen molar-refractivity contribution < 1.29 is 14.3 Å². The van der Waals surface area contributed by atoms with Crippen molar-refractivity contribution in [3.8, 4) is 5.75 Å². The summed E-state index contributed by atoms with van der Waals surface area (Å²) < 4.78 is 12.6. The van der Waals surface area contributed by atoms with Crippen molar-refractivity contribution >= 4 is 16.9 Å². The van der Waals surface area contributed by atoms with Crippen LogP contribution in [-0.4, -0.2) is 47.8 Å². The smallest absolute Gasteiger partial charge is 0.251 e. The van der Waals surface area contributed by atoms with Crippen LogP contribution in [0, 0.1) is 13.8 Å². The Bertz CT molecular complexity index is 935. The Morgan fingerprint density at radius 3 is 2.61 bits per heavy atom. The van der Waals surface area contributed by atoms with Crippen molar-refractivity contribution in [3.63, 3.8) is 0 Å². The van der Waals surface area contributed by atoms with E-state index in [1.54, 1.807) is 19.2 Å². The second-order valence-electron chi connectivity index (χ2n) is 6.71. The van der Waals surface area contributed by atoms with Crippen LogP contribution < -0.4 is 10.1 Å². The van der Waals surface area contributed by atoms with Crippen molar-refractivity contribution in [3.05, 3.63) is 53.1 Å². The molecule has 0 aliphatic rings. The van der Waals surface area contributed by atoms with Crippen LogP contribution in [0.2, 0.25) is 0 Å². The third-order valence-electron chi connectivity index (χ3n) is 4.62. The van der Waals surface area contributed by atoms with E-state index in [2.05, 4.69) is 41.6 Å². The fourth-order valence-corrected chi connectivity index (χ4v) is 2.86. The van der Waals surface area contributed by atoms with Gasteiger partial charge in [-0.2, -0.15) is 0 Å². The van der Waals surface area contributed by atoms with Crippen LogP contribution in [0.25, 0.3) is 11.0 Å². The fourth-order valence-electron chi connectivity index (χ4n) is 2.86. The quantitative estimate of drug-likeness (QED) is 0.576. The number of fused-ring (bicyclic) bond motifs is 1. The molecule has 3 aromatic rings. The molecule has 3 rings (SSSR count). The average molecular weight is 382 g/mol. The third-order valence-corrected chi connectivity index (χ3v) is 4.62. The number of rotatable bonds is 9. The second kappa shape index (κ2) is 9.32. The normalized spacial score (nSPS) is 11.0. The number of ether oxygens (including phenoxy) is 2. The summed E-state index contributed by atoms with van der Waals surface area (Å²) in [5.74, 6) is 0.621. The van der Waals surface area contributed by atoms with Gasteiger partial charge in [0.2, 0.25) is 0 Å². The first-order valence-electron chi connectivity index (χ1n) is 9.39. The zero-order valence-corrected chi connectivity index (χ0v) is 16.6. The summed E-state index contributed by atoms with van der Waals surface area (Å²) >= 11 is 0. The van der Waals surface area contributed by atoms with Gasteiger partial charge < -0.3 is 14.8 Å². The number of aryl methyl sites for hydroxylation is 3. The average Bonchev–Trinajstić information content (AvgIpc) is 3.08. The summed E-state index contributed by atoms with van der Waals surface area (Å²) in [7, 11) is 1.60. The summed E-state index contributed by atoms with van der Waals surface area (Å²) in [6.07, 6.45) is 0.810. The maximum atomic E-state index is 12.0. The molecule has 1 heterocycles. The Morgan fingerprint density at radius 2 is 1.86 bits per heavy atom. The molecule has 28 heavy (non-hydrogen) atoms. The summed E-state index contributed by atoms with van der Waals surface area (Å²) in [6, 6.07) is 11.3. The highest BCUT2D eigenvalue weighted by molar-refractivity contribution is 5.94. The van der Waals surface area contributed by atoms with Crippen LogP contribution >= 0.6 is 0 Å². The van der Waals surface area contributed by atoms with Crippen molar-refractivity contribution in [1.29, 1.82) is 0 Å². The molecule has 7 nitrogen and oxygen atoms in total. The fraction of sp³-hybridized carbons (Fsp3) is 0.381. The number of benzene rings is 2. The Balaban J connectivity index is 1.48. The summed E-state index contributed by atoms with van der Waals surface area (Å²) in [5.41, 5.74) is 5.02. The number of carbonyl (C=O) groups excluding carboxylic acids is 1. The number of carbonyl (C=O) groups is 1. The predicted octanol–water partition coefficient (Wildman–Crippen LogP) is 2.89. The van der Waals surface area contributed by atoms with E-state index in [0.717, 1.165) is 29.7 Å². The van der Waals surface area contributed by atoms with Crippen molar-refractivity contribution in [2.75, 3.05) is 26.9 Å². The van der Waals surface area contributed by atoms with Gasteiger partial charge in [0, 0.05) is 32.2 Å². The zero-order chi connectivity index (χ0) is 19.9. The van der Waals surface area contributed by atoms with E-state index in [0.29, 0.717) is 25.3 Å². The van der Waals surface area contributed by atoms with Crippen LogP contribution in [0.1, 0.15) is 27.9 Å². The van der Waals surface area contributed by atoms with E-state index in [1.165, 1.54) is 11.1 Å². The molecule has 0 fully saturated rings. The van der Waals surface area contributed by atoms with E-state index in [-0.39, 0.29) is 5.91 Å². The first-order chi connectivity index (χ1) is 13.6. The van der Waals surface area contributed by atoms with Gasteiger partial charge in [0.15, 0.2) is 0 Å². The first-order valence-corrected chi connectivity index (χ1v) is 9.39. The van der Waals surface area contributed by atoms with Gasteiger partial charge in [-0.3, -0.25) is 4.79 Å². The van der Waals surface area contributed by atoms with Gasteiger partial charge in [0.1, 0.15) is 11.3 Å². The minimum absolute atomic E-state index is 0.118. The highest BCUT2D eigenvalue weighted by atomic mass is 16.5. The second-order valence-corrected chi connectivity index (χ2v) is 6.71. The molecule has 0 spiro atoms. The Kier molecular flexibility index (Phi) is 6.60. The minimum atomic E-state index is -0.118. The molecule has 2 aromatic carbocycles. The molecule has 0 radical (unpaired) electrons. The number of hydrogen-bond donors (Lipinski definition) is 1. The molecule has 1 amide bonds. The monoisotopic (exact) mass is 382 g/mol. The molecule has 0 unspecified atom stereocenters. The van der Waals surface area contributed by atoms with Gasteiger partial charge in [0.25, 0.3) is 5.91 Å². The van der Waals surface area contributed by atoms with Gasteiger partial charge >= 0.3 is 0 Å². The van der Waals surface area contributed by atoms with Gasteiger partial charge in [0.05, 0.1) is 18.7 Å². The van der Waals surface area contributed by atoms with E-state index in [1.807, 2.05) is 16.8 Å². The number of hydrogen-bond acceptors (Lipinski definition) is 5. The number of methoxy groups -OCH3 is 1. The predicted molar refractivity (Wildman–Crippen MR) is 108 cm³/mol. The van der Waals surface area contributed by atoms with E-state index in [9.17, 15) is 4.79 Å². The van der Waals surface area contributed by atoms with E-state index < -0.39 is 0 Å². The molecule has 0 saturated heterocycles. The largest absolute Gasteiger partial charge is 0.494 e. The van der Waals surface area contributed by atoms with Crippen LogP contribution in [0.15, 0.2) is 36.4 Å². The van der Waals surface area contributed by atoms with Gasteiger partial charge in [-0.1, -0.05) is 5.21 Å². The van der Waals surface area contributed by atoms with E-state index >= 15 is 0 Å². The lowest BCUT2D eigenvalue weighted by Gasteiger charge is -2.08. The van der Waals surface area contributed by atoms with Crippen LogP contribution in [0.5, 0.6) is 5.75 Å². The van der Waals surface area contributed by atoms with Crippen LogP contribution in [0.4, 0.5) is 0 Å². The molecule has 0 aliphatic heterocycles. The Morgan fingerprint density at radius 1 is 1.11 bits per heavy atom. The molecule has 0 aliphatic carbocycles. The lowest BCUT2D eigenvalue weighted by molar-refractivity contribution is 0.0937. The highest BCUT2D eigenvalue weighted by Gasteiger charge is 2.07. The zero-order valence-electron chi connectivity index (χ0n) is 16.6. The van der Waals surface area contributed by atoms with Crippen LogP contribution in [-0.2, 0) is 11.3 Å². The molecule has 1 N–H and O–H groups in total. The lowest BCUT2D eigenvalue weighted by atomic mass is 10.1. The van der Waals surface area contributed by atoms with Crippen molar-refractivity contribution in [2.24, 2.45) is 0 Å². The minimum Gasteiger partial charge on any atom is -0.494 e. The molecule has 7 heteroatoms. The Hall–Kier alpha value is -2.93. The first kappa shape index (κ1) is 19.8. The molecule has 148 valence electrons. The Labute approximate surface area is 164 Å². The summed E-state index contributed by atoms with van der Waals surface area (Å²) in [6.45, 7) is 6.45. The molecule has 0 saturated carbocycles. The highest BCUT2D eigenvalue weighted by Crippen LogP contribution is 2.17. The van der Waals surface area contributed by atoms with Crippen molar-refractivity contribution in [1.82, 2.24) is 20.3 Å². The van der Waals surface area contributed by atoms with E-state index in [4.69, 9.17) is 9.47 Å². The number of aromatic nitrogens is 3. The summed E-state index contributed by atoms with van der Waals surface area (Å²) in [4.78, 5) is 12.0. The van der Waals surface area contributed by atoms with Gasteiger partial charge in [-0.05, 0) is 61.4 Å². The third kappa shape index (κ3) is 4.86. The van der Waals surface area contributed by atoms with Crippen LogP contribution in [0.3, 0.4) is 0 Å². The topological polar surface area (TPSA) is 78.3 Å². The maximum Gasteiger partial charge on any atom is 0.251 e. The standard InChI is InChI=1S/C21H26N4O3/c1-15-13-19-20(14-16(15)2)25(24-23-19)10-4-11-28-18-7-5-17(6-8-18)21(26)22-9-12-27-3/h5-8,13-14H,4,9-12H2,1-3H3,(H,22,26). The summed E-state index contributed by atoms with van der Waals surface area (Å²) in [5, 5.41) is 11.3.